The fraction of sp³-hybridized carbons (Fsp3) is 0.154. The molecule has 0 saturated heterocycles. The van der Waals surface area contributed by atoms with Crippen molar-refractivity contribution in [3.63, 3.8) is 0 Å². The third kappa shape index (κ3) is 1.60. The van der Waals surface area contributed by atoms with Crippen molar-refractivity contribution in [2.45, 2.75) is 13.5 Å². The molecule has 3 aromatic rings. The van der Waals surface area contributed by atoms with Gasteiger partial charge in [0, 0.05) is 24.6 Å². The molecule has 0 radical (unpaired) electrons. The lowest BCUT2D eigenvalue weighted by Gasteiger charge is -2.04. The molecule has 0 fully saturated rings. The molecule has 1 aromatic carbocycles. The molecule has 0 aliphatic carbocycles. The first kappa shape index (κ1) is 10.7. The normalized spacial score (nSPS) is 10.9. The molecule has 90 valence electrons. The summed E-state index contributed by atoms with van der Waals surface area (Å²) in [6.45, 7) is 2.88. The number of nitrogens with zero attached hydrogens (tertiary/aromatic N) is 4. The molecular formula is C13H13N5. The van der Waals surface area contributed by atoms with Crippen LogP contribution in [0, 0.1) is 0 Å². The number of fused-ring (bicyclic) bond motifs is 1. The van der Waals surface area contributed by atoms with Crippen LogP contribution in [0.3, 0.4) is 0 Å². The predicted molar refractivity (Wildman–Crippen MR) is 70.8 cm³/mol. The lowest BCUT2D eigenvalue weighted by molar-refractivity contribution is 0.792. The van der Waals surface area contributed by atoms with Gasteiger partial charge in [0.05, 0.1) is 17.2 Å². The van der Waals surface area contributed by atoms with Crippen LogP contribution in [-0.4, -0.2) is 19.5 Å². The highest BCUT2D eigenvalue weighted by molar-refractivity contribution is 5.82. The van der Waals surface area contributed by atoms with Crippen molar-refractivity contribution in [3.05, 3.63) is 36.8 Å². The number of benzene rings is 1. The Morgan fingerprint density at radius 1 is 1.28 bits per heavy atom. The topological polar surface area (TPSA) is 69.6 Å². The van der Waals surface area contributed by atoms with Crippen LogP contribution >= 0.6 is 0 Å². The first-order chi connectivity index (χ1) is 8.79. The van der Waals surface area contributed by atoms with Crippen molar-refractivity contribution in [2.24, 2.45) is 0 Å². The molecule has 18 heavy (non-hydrogen) atoms. The van der Waals surface area contributed by atoms with Crippen molar-refractivity contribution in [2.75, 3.05) is 5.73 Å². The average molecular weight is 239 g/mol. The van der Waals surface area contributed by atoms with E-state index in [1.165, 1.54) is 0 Å². The van der Waals surface area contributed by atoms with Crippen LogP contribution in [0.25, 0.3) is 22.6 Å². The molecule has 0 amide bonds. The Morgan fingerprint density at radius 3 is 2.89 bits per heavy atom. The van der Waals surface area contributed by atoms with Crippen LogP contribution in [0.2, 0.25) is 0 Å². The third-order valence-corrected chi connectivity index (χ3v) is 2.88. The van der Waals surface area contributed by atoms with E-state index < -0.39 is 0 Å². The van der Waals surface area contributed by atoms with Crippen LogP contribution in [0.15, 0.2) is 36.8 Å². The minimum Gasteiger partial charge on any atom is -0.399 e. The van der Waals surface area contributed by atoms with Crippen LogP contribution in [0.5, 0.6) is 0 Å². The third-order valence-electron chi connectivity index (χ3n) is 2.88. The van der Waals surface area contributed by atoms with E-state index in [2.05, 4.69) is 26.4 Å². The van der Waals surface area contributed by atoms with Crippen molar-refractivity contribution >= 4 is 16.7 Å². The van der Waals surface area contributed by atoms with E-state index in [0.717, 1.165) is 34.8 Å². The molecule has 0 spiro atoms. The lowest BCUT2D eigenvalue weighted by atomic mass is 10.3. The van der Waals surface area contributed by atoms with E-state index in [4.69, 9.17) is 5.73 Å². The van der Waals surface area contributed by atoms with Crippen molar-refractivity contribution in [1.29, 1.82) is 0 Å². The number of nitrogen functional groups attached to an aromatic ring is 1. The highest BCUT2D eigenvalue weighted by atomic mass is 15.1. The number of aryl methyl sites for hydroxylation is 1. The molecule has 0 saturated carbocycles. The van der Waals surface area contributed by atoms with E-state index in [1.807, 2.05) is 18.2 Å². The van der Waals surface area contributed by atoms with Gasteiger partial charge in [0.1, 0.15) is 5.69 Å². The first-order valence-corrected chi connectivity index (χ1v) is 5.81. The lowest BCUT2D eigenvalue weighted by Crippen LogP contribution is -1.99. The molecule has 0 unspecified atom stereocenters. The summed E-state index contributed by atoms with van der Waals surface area (Å²) < 4.78 is 2.09. The summed E-state index contributed by atoms with van der Waals surface area (Å²) in [6.07, 6.45) is 5.04. The molecule has 0 bridgehead atoms. The number of imidazole rings is 1. The van der Waals surface area contributed by atoms with E-state index in [1.54, 1.807) is 18.6 Å². The highest BCUT2D eigenvalue weighted by Crippen LogP contribution is 2.24. The monoisotopic (exact) mass is 239 g/mol. The van der Waals surface area contributed by atoms with Gasteiger partial charge in [-0.25, -0.2) is 9.97 Å². The van der Waals surface area contributed by atoms with Gasteiger partial charge < -0.3 is 10.3 Å². The van der Waals surface area contributed by atoms with Crippen molar-refractivity contribution in [3.8, 4) is 11.5 Å². The van der Waals surface area contributed by atoms with Gasteiger partial charge in [0.25, 0.3) is 0 Å². The van der Waals surface area contributed by atoms with Gasteiger partial charge in [-0.1, -0.05) is 0 Å². The Bertz CT molecular complexity index is 687. The molecule has 2 N–H and O–H groups in total. The zero-order chi connectivity index (χ0) is 12.5. The highest BCUT2D eigenvalue weighted by Gasteiger charge is 2.12. The molecular weight excluding hydrogens is 226 g/mol. The summed E-state index contributed by atoms with van der Waals surface area (Å²) in [5.74, 6) is 0.825. The molecule has 2 heterocycles. The van der Waals surface area contributed by atoms with Gasteiger partial charge in [-0.3, -0.25) is 4.98 Å². The summed E-state index contributed by atoms with van der Waals surface area (Å²) in [6, 6.07) is 5.72. The van der Waals surface area contributed by atoms with E-state index in [0.29, 0.717) is 0 Å². The van der Waals surface area contributed by atoms with Crippen LogP contribution in [0.4, 0.5) is 5.69 Å². The van der Waals surface area contributed by atoms with Crippen LogP contribution < -0.4 is 5.73 Å². The minimum atomic E-state index is 0.739. The number of hydrogen-bond donors (Lipinski definition) is 1. The van der Waals surface area contributed by atoms with E-state index in [9.17, 15) is 0 Å². The maximum Gasteiger partial charge on any atom is 0.161 e. The number of nitrogens with two attached hydrogens (primary N) is 1. The Balaban J connectivity index is 2.30. The number of hydrogen-bond acceptors (Lipinski definition) is 4. The van der Waals surface area contributed by atoms with Gasteiger partial charge >= 0.3 is 0 Å². The zero-order valence-corrected chi connectivity index (χ0v) is 10.0. The largest absolute Gasteiger partial charge is 0.399 e. The second-order valence-corrected chi connectivity index (χ2v) is 4.02. The fourth-order valence-electron chi connectivity index (χ4n) is 2.07. The van der Waals surface area contributed by atoms with E-state index in [-0.39, 0.29) is 0 Å². The standard InChI is InChI=1S/C13H13N5/c1-2-18-12-7-9(14)3-4-10(12)17-13(18)11-8-15-5-6-16-11/h3-8H,2,14H2,1H3. The van der Waals surface area contributed by atoms with Gasteiger partial charge in [-0.2, -0.15) is 0 Å². The Morgan fingerprint density at radius 2 is 2.17 bits per heavy atom. The summed E-state index contributed by atoms with van der Waals surface area (Å²) >= 11 is 0. The van der Waals surface area contributed by atoms with Crippen LogP contribution in [0.1, 0.15) is 6.92 Å². The summed E-state index contributed by atoms with van der Waals surface area (Å²) in [7, 11) is 0. The molecule has 3 rings (SSSR count). The summed E-state index contributed by atoms with van der Waals surface area (Å²) in [5, 5.41) is 0. The first-order valence-electron chi connectivity index (χ1n) is 5.81. The zero-order valence-electron chi connectivity index (χ0n) is 10.0. The second-order valence-electron chi connectivity index (χ2n) is 4.02. The SMILES string of the molecule is CCn1c(-c2cnccn2)nc2ccc(N)cc21. The predicted octanol–water partition coefficient (Wildman–Crippen LogP) is 2.10. The van der Waals surface area contributed by atoms with Gasteiger partial charge in [0.15, 0.2) is 5.82 Å². The number of aromatic nitrogens is 4. The van der Waals surface area contributed by atoms with E-state index >= 15 is 0 Å². The average Bonchev–Trinajstić information content (AvgIpc) is 2.77. The van der Waals surface area contributed by atoms with Gasteiger partial charge in [-0.05, 0) is 25.1 Å². The maximum atomic E-state index is 5.83. The molecule has 0 aliphatic heterocycles. The maximum absolute atomic E-state index is 5.83. The molecule has 0 aliphatic rings. The Hall–Kier alpha value is -2.43. The smallest absolute Gasteiger partial charge is 0.161 e. The van der Waals surface area contributed by atoms with Crippen LogP contribution in [-0.2, 0) is 6.54 Å². The number of anilines is 1. The Kier molecular flexibility index (Phi) is 2.44. The minimum absolute atomic E-state index is 0.739. The van der Waals surface area contributed by atoms with Gasteiger partial charge in [-0.15, -0.1) is 0 Å². The Labute approximate surface area is 104 Å². The fourth-order valence-corrected chi connectivity index (χ4v) is 2.07. The summed E-state index contributed by atoms with van der Waals surface area (Å²) in [4.78, 5) is 13.0. The van der Waals surface area contributed by atoms with Crippen molar-refractivity contribution in [1.82, 2.24) is 19.5 Å². The molecule has 5 nitrogen and oxygen atoms in total. The quantitative estimate of drug-likeness (QED) is 0.695. The van der Waals surface area contributed by atoms with Crippen molar-refractivity contribution < 1.29 is 0 Å². The second kappa shape index (κ2) is 4.10. The van der Waals surface area contributed by atoms with Gasteiger partial charge in [0.2, 0.25) is 0 Å². The summed E-state index contributed by atoms with van der Waals surface area (Å²) in [5.41, 5.74) is 9.29. The molecule has 2 aromatic heterocycles. The number of rotatable bonds is 2. The molecule has 5 heteroatoms. The molecule has 0 atom stereocenters.